The van der Waals surface area contributed by atoms with E-state index < -0.39 is 0 Å². The fraction of sp³-hybridized carbons (Fsp3) is 0.0625. The maximum atomic E-state index is 11.8. The summed E-state index contributed by atoms with van der Waals surface area (Å²) < 4.78 is 0. The summed E-state index contributed by atoms with van der Waals surface area (Å²) in [6, 6.07) is 12.7. The summed E-state index contributed by atoms with van der Waals surface area (Å²) in [6.07, 6.45) is 3.15. The van der Waals surface area contributed by atoms with Crippen molar-refractivity contribution >= 4 is 40.9 Å². The van der Waals surface area contributed by atoms with Gasteiger partial charge in [-0.25, -0.2) is 0 Å². The molecule has 0 spiro atoms. The van der Waals surface area contributed by atoms with Crippen LogP contribution in [0.25, 0.3) is 6.08 Å². The second-order valence-corrected chi connectivity index (χ2v) is 5.13. The number of aryl methyl sites for hydroxylation is 1. The third-order valence-electron chi connectivity index (χ3n) is 2.75. The van der Waals surface area contributed by atoms with Crippen molar-refractivity contribution in [2.45, 2.75) is 6.92 Å². The lowest BCUT2D eigenvalue weighted by Crippen LogP contribution is -2.07. The topological polar surface area (TPSA) is 29.1 Å². The number of hydrogen-bond donors (Lipinski definition) is 1. The Kier molecular flexibility index (Phi) is 4.83. The maximum absolute atomic E-state index is 11.8. The van der Waals surface area contributed by atoms with Crippen LogP contribution in [0.5, 0.6) is 0 Å². The fourth-order valence-corrected chi connectivity index (χ4v) is 1.99. The molecule has 0 aromatic heterocycles. The largest absolute Gasteiger partial charge is 0.321 e. The zero-order chi connectivity index (χ0) is 14.5. The van der Waals surface area contributed by atoms with Crippen LogP contribution in [-0.4, -0.2) is 5.91 Å². The Morgan fingerprint density at radius 1 is 1.10 bits per heavy atom. The summed E-state index contributed by atoms with van der Waals surface area (Å²) in [5.41, 5.74) is 2.46. The first-order chi connectivity index (χ1) is 9.56. The molecule has 0 fully saturated rings. The number of amides is 1. The minimum Gasteiger partial charge on any atom is -0.321 e. The van der Waals surface area contributed by atoms with E-state index in [1.54, 1.807) is 18.2 Å². The van der Waals surface area contributed by atoms with E-state index in [2.05, 4.69) is 5.32 Å². The number of carbonyl (C=O) groups is 1. The minimum atomic E-state index is -0.241. The average molecular weight is 306 g/mol. The van der Waals surface area contributed by atoms with Gasteiger partial charge in [-0.2, -0.15) is 0 Å². The van der Waals surface area contributed by atoms with E-state index in [0.717, 1.165) is 11.1 Å². The van der Waals surface area contributed by atoms with Crippen molar-refractivity contribution in [1.82, 2.24) is 0 Å². The summed E-state index contributed by atoms with van der Waals surface area (Å²) in [6.45, 7) is 1.93. The molecular weight excluding hydrogens is 293 g/mol. The second kappa shape index (κ2) is 6.60. The van der Waals surface area contributed by atoms with Crippen molar-refractivity contribution < 1.29 is 4.79 Å². The number of anilines is 1. The van der Waals surface area contributed by atoms with Gasteiger partial charge in [0.25, 0.3) is 0 Å². The molecule has 2 aromatic carbocycles. The van der Waals surface area contributed by atoms with Crippen molar-refractivity contribution in [2.75, 3.05) is 5.32 Å². The molecule has 0 radical (unpaired) electrons. The molecule has 1 N–H and O–H groups in total. The van der Waals surface area contributed by atoms with Crippen LogP contribution >= 0.6 is 23.2 Å². The molecule has 20 heavy (non-hydrogen) atoms. The van der Waals surface area contributed by atoms with E-state index in [0.29, 0.717) is 15.7 Å². The number of rotatable bonds is 3. The van der Waals surface area contributed by atoms with Gasteiger partial charge in [0.05, 0.1) is 10.7 Å². The summed E-state index contributed by atoms with van der Waals surface area (Å²) in [5, 5.41) is 3.90. The Hall–Kier alpha value is -1.77. The summed E-state index contributed by atoms with van der Waals surface area (Å²) in [4.78, 5) is 11.8. The normalized spacial score (nSPS) is 10.8. The molecule has 0 heterocycles. The van der Waals surface area contributed by atoms with Gasteiger partial charge in [-0.05, 0) is 42.3 Å². The molecule has 0 unspecified atom stereocenters. The fourth-order valence-electron chi connectivity index (χ4n) is 1.62. The zero-order valence-electron chi connectivity index (χ0n) is 10.9. The molecule has 0 saturated carbocycles. The van der Waals surface area contributed by atoms with Crippen molar-refractivity contribution in [1.29, 1.82) is 0 Å². The highest BCUT2D eigenvalue weighted by atomic mass is 35.5. The predicted octanol–water partition coefficient (Wildman–Crippen LogP) is 4.95. The van der Waals surface area contributed by atoms with Gasteiger partial charge in [0.1, 0.15) is 0 Å². The monoisotopic (exact) mass is 305 g/mol. The van der Waals surface area contributed by atoms with Crippen LogP contribution in [0.3, 0.4) is 0 Å². The molecule has 4 heteroatoms. The van der Waals surface area contributed by atoms with Crippen LogP contribution in [0.15, 0.2) is 48.5 Å². The average Bonchev–Trinajstić information content (AvgIpc) is 2.43. The number of hydrogen-bond acceptors (Lipinski definition) is 1. The van der Waals surface area contributed by atoms with Gasteiger partial charge in [0.2, 0.25) is 5.91 Å². The molecule has 2 aromatic rings. The molecule has 1 amide bonds. The van der Waals surface area contributed by atoms with Gasteiger partial charge in [-0.3, -0.25) is 4.79 Å². The molecule has 0 aliphatic carbocycles. The van der Waals surface area contributed by atoms with E-state index >= 15 is 0 Å². The highest BCUT2D eigenvalue weighted by Gasteiger charge is 2.02. The first kappa shape index (κ1) is 14.6. The van der Waals surface area contributed by atoms with Crippen molar-refractivity contribution in [3.63, 3.8) is 0 Å². The van der Waals surface area contributed by atoms with Gasteiger partial charge in [0, 0.05) is 11.1 Å². The van der Waals surface area contributed by atoms with Crippen LogP contribution in [0.2, 0.25) is 10.0 Å². The summed E-state index contributed by atoms with van der Waals surface area (Å²) >= 11 is 12.0. The first-order valence-electron chi connectivity index (χ1n) is 6.06. The van der Waals surface area contributed by atoms with Crippen molar-refractivity contribution in [3.05, 3.63) is 69.7 Å². The lowest BCUT2D eigenvalue weighted by Gasteiger charge is -2.04. The predicted molar refractivity (Wildman–Crippen MR) is 85.3 cm³/mol. The van der Waals surface area contributed by atoms with E-state index in [-0.39, 0.29) is 5.91 Å². The van der Waals surface area contributed by atoms with Gasteiger partial charge >= 0.3 is 0 Å². The molecule has 2 rings (SSSR count). The van der Waals surface area contributed by atoms with E-state index in [1.807, 2.05) is 37.3 Å². The highest BCUT2D eigenvalue weighted by Crippen LogP contribution is 2.21. The Labute approximate surface area is 128 Å². The van der Waals surface area contributed by atoms with Crippen LogP contribution in [0.4, 0.5) is 5.69 Å². The number of halogens is 2. The van der Waals surface area contributed by atoms with Crippen LogP contribution in [0.1, 0.15) is 11.1 Å². The minimum absolute atomic E-state index is 0.241. The Morgan fingerprint density at radius 3 is 2.55 bits per heavy atom. The molecule has 0 aliphatic rings. The number of carbonyl (C=O) groups excluding carboxylic acids is 1. The Morgan fingerprint density at radius 2 is 1.85 bits per heavy atom. The van der Waals surface area contributed by atoms with Crippen LogP contribution < -0.4 is 5.32 Å². The quantitative estimate of drug-likeness (QED) is 0.798. The molecule has 0 atom stereocenters. The summed E-state index contributed by atoms with van der Waals surface area (Å²) in [7, 11) is 0. The number of benzene rings is 2. The zero-order valence-corrected chi connectivity index (χ0v) is 12.4. The second-order valence-electron chi connectivity index (χ2n) is 4.31. The first-order valence-corrected chi connectivity index (χ1v) is 6.81. The highest BCUT2D eigenvalue weighted by molar-refractivity contribution is 6.33. The van der Waals surface area contributed by atoms with Gasteiger partial charge in [-0.1, -0.05) is 47.5 Å². The molecule has 0 aliphatic heterocycles. The van der Waals surface area contributed by atoms with Crippen LogP contribution in [0, 0.1) is 6.92 Å². The number of nitrogens with one attached hydrogen (secondary N) is 1. The van der Waals surface area contributed by atoms with Crippen LogP contribution in [-0.2, 0) is 4.79 Å². The van der Waals surface area contributed by atoms with Gasteiger partial charge in [0.15, 0.2) is 0 Å². The van der Waals surface area contributed by atoms with Gasteiger partial charge in [-0.15, -0.1) is 0 Å². The van der Waals surface area contributed by atoms with Crippen molar-refractivity contribution in [2.24, 2.45) is 0 Å². The lowest BCUT2D eigenvalue weighted by atomic mass is 10.1. The molecule has 0 saturated heterocycles. The van der Waals surface area contributed by atoms with E-state index in [9.17, 15) is 4.79 Å². The molecule has 102 valence electrons. The summed E-state index contributed by atoms with van der Waals surface area (Å²) in [5.74, 6) is -0.241. The molecule has 0 bridgehead atoms. The molecule has 2 nitrogen and oxygen atoms in total. The SMILES string of the molecule is Cc1ccc(/C=C/C(=O)Nc2ccccc2Cl)cc1Cl. The number of para-hydroxylation sites is 1. The smallest absolute Gasteiger partial charge is 0.248 e. The third kappa shape index (κ3) is 3.86. The maximum Gasteiger partial charge on any atom is 0.248 e. The van der Waals surface area contributed by atoms with E-state index in [4.69, 9.17) is 23.2 Å². The Balaban J connectivity index is 2.06. The molecular formula is C16H13Cl2NO. The standard InChI is InChI=1S/C16H13Cl2NO/c1-11-6-7-12(10-14(11)18)8-9-16(20)19-15-5-3-2-4-13(15)17/h2-10H,1H3,(H,19,20)/b9-8+. The lowest BCUT2D eigenvalue weighted by molar-refractivity contribution is -0.111. The van der Waals surface area contributed by atoms with Crippen molar-refractivity contribution in [3.8, 4) is 0 Å². The van der Waals surface area contributed by atoms with E-state index in [1.165, 1.54) is 6.08 Å². The third-order valence-corrected chi connectivity index (χ3v) is 3.49. The van der Waals surface area contributed by atoms with Gasteiger partial charge < -0.3 is 5.32 Å². The Bertz CT molecular complexity index is 665.